The van der Waals surface area contributed by atoms with E-state index in [4.69, 9.17) is 0 Å². The monoisotopic (exact) mass is 398 g/mol. The second kappa shape index (κ2) is 7.50. The molecule has 0 atom stereocenters. The van der Waals surface area contributed by atoms with E-state index in [1.54, 1.807) is 26.2 Å². The van der Waals surface area contributed by atoms with Crippen LogP contribution in [0, 0.1) is 20.8 Å². The summed E-state index contributed by atoms with van der Waals surface area (Å²) in [6, 6.07) is 12.6. The molecule has 0 saturated heterocycles. The predicted molar refractivity (Wildman–Crippen MR) is 122 cm³/mol. The highest BCUT2D eigenvalue weighted by molar-refractivity contribution is 5.97. The molecule has 0 spiro atoms. The molecule has 0 bridgehead atoms. The third kappa shape index (κ3) is 3.89. The molecule has 152 valence electrons. The molecule has 0 aliphatic carbocycles. The first-order valence-corrected chi connectivity index (χ1v) is 10.0. The predicted octanol–water partition coefficient (Wildman–Crippen LogP) is 5.59. The third-order valence-electron chi connectivity index (χ3n) is 5.24. The molecule has 2 aromatic heterocycles. The molecule has 30 heavy (non-hydrogen) atoms. The van der Waals surface area contributed by atoms with Crippen LogP contribution in [-0.4, -0.2) is 20.1 Å². The molecule has 0 unspecified atom stereocenters. The van der Waals surface area contributed by atoms with Crippen molar-refractivity contribution < 1.29 is 5.11 Å². The maximum Gasteiger partial charge on any atom is 0.159 e. The number of fused-ring (bicyclic) bond motifs is 1. The van der Waals surface area contributed by atoms with Gasteiger partial charge in [0, 0.05) is 35.2 Å². The average molecular weight is 399 g/mol. The van der Waals surface area contributed by atoms with Crippen LogP contribution in [0.15, 0.2) is 55.0 Å². The second-order valence-corrected chi connectivity index (χ2v) is 8.35. The summed E-state index contributed by atoms with van der Waals surface area (Å²) in [7, 11) is 0. The van der Waals surface area contributed by atoms with Crippen LogP contribution in [0.25, 0.3) is 22.0 Å². The molecule has 4 aromatic rings. The third-order valence-corrected chi connectivity index (χ3v) is 5.24. The van der Waals surface area contributed by atoms with Gasteiger partial charge in [0.2, 0.25) is 0 Å². The number of nitrogens with one attached hydrogen (secondary N) is 1. The zero-order valence-corrected chi connectivity index (χ0v) is 18.0. The van der Waals surface area contributed by atoms with Gasteiger partial charge in [0.1, 0.15) is 5.60 Å². The normalized spacial score (nSPS) is 11.7. The Morgan fingerprint density at radius 2 is 1.53 bits per heavy atom. The van der Waals surface area contributed by atoms with Crippen LogP contribution in [0.5, 0.6) is 0 Å². The second-order valence-electron chi connectivity index (χ2n) is 8.35. The first kappa shape index (κ1) is 20.0. The number of aromatic nitrogens is 3. The van der Waals surface area contributed by atoms with Gasteiger partial charge in [-0.15, -0.1) is 0 Å². The number of rotatable bonds is 4. The minimum atomic E-state index is -1.06. The maximum atomic E-state index is 10.1. The summed E-state index contributed by atoms with van der Waals surface area (Å²) in [4.78, 5) is 13.3. The Balaban J connectivity index is 1.80. The van der Waals surface area contributed by atoms with Crippen LogP contribution in [0.2, 0.25) is 0 Å². The van der Waals surface area contributed by atoms with Crippen LogP contribution in [-0.2, 0) is 5.60 Å². The Labute approximate surface area is 176 Å². The summed E-state index contributed by atoms with van der Waals surface area (Å²) in [6.07, 6.45) is 5.40. The summed E-state index contributed by atoms with van der Waals surface area (Å²) < 4.78 is 0. The topological polar surface area (TPSA) is 70.9 Å². The van der Waals surface area contributed by atoms with Crippen molar-refractivity contribution in [3.63, 3.8) is 0 Å². The van der Waals surface area contributed by atoms with Crippen molar-refractivity contribution in [1.82, 2.24) is 15.0 Å². The van der Waals surface area contributed by atoms with Crippen molar-refractivity contribution in [2.45, 2.75) is 40.2 Å². The van der Waals surface area contributed by atoms with E-state index in [-0.39, 0.29) is 0 Å². The van der Waals surface area contributed by atoms with E-state index in [0.29, 0.717) is 5.82 Å². The first-order chi connectivity index (χ1) is 14.2. The van der Waals surface area contributed by atoms with Gasteiger partial charge in [0.25, 0.3) is 0 Å². The van der Waals surface area contributed by atoms with Gasteiger partial charge in [-0.3, -0.25) is 4.98 Å². The molecule has 0 fully saturated rings. The number of pyridine rings is 1. The zero-order valence-electron chi connectivity index (χ0n) is 18.0. The van der Waals surface area contributed by atoms with Crippen molar-refractivity contribution in [3.8, 4) is 11.1 Å². The van der Waals surface area contributed by atoms with Gasteiger partial charge in [0.15, 0.2) is 5.82 Å². The molecular formula is C25H26N4O. The van der Waals surface area contributed by atoms with E-state index in [9.17, 15) is 5.11 Å². The van der Waals surface area contributed by atoms with Gasteiger partial charge in [-0.2, -0.15) is 0 Å². The Morgan fingerprint density at radius 1 is 0.800 bits per heavy atom. The van der Waals surface area contributed by atoms with E-state index in [2.05, 4.69) is 65.3 Å². The summed E-state index contributed by atoms with van der Waals surface area (Å²) in [5.74, 6) is 0.404. The van der Waals surface area contributed by atoms with Crippen LogP contribution in [0.3, 0.4) is 0 Å². The Kier molecular flexibility index (Phi) is 5.00. The van der Waals surface area contributed by atoms with Gasteiger partial charge in [-0.05, 0) is 75.1 Å². The number of hydrogen-bond acceptors (Lipinski definition) is 5. The van der Waals surface area contributed by atoms with Crippen LogP contribution >= 0.6 is 0 Å². The summed E-state index contributed by atoms with van der Waals surface area (Å²) in [5, 5.41) is 14.8. The number of aryl methyl sites for hydroxylation is 3. The van der Waals surface area contributed by atoms with Gasteiger partial charge >= 0.3 is 0 Å². The number of benzene rings is 2. The standard InChI is InChI=1S/C25H26N4O/c1-15-6-7-16(2)22(10-15)29-23-17(3)12-26-21-9-8-18(11-20(21)23)19-13-27-24(28-14-19)25(4,5)30/h6-14,30H,1-5H3,(H,26,29). The van der Waals surface area contributed by atoms with Gasteiger partial charge in [0.05, 0.1) is 11.2 Å². The quantitative estimate of drug-likeness (QED) is 0.469. The first-order valence-electron chi connectivity index (χ1n) is 10.0. The number of hydrogen-bond donors (Lipinski definition) is 2. The van der Waals surface area contributed by atoms with Crippen molar-refractivity contribution in [2.24, 2.45) is 0 Å². The average Bonchev–Trinajstić information content (AvgIpc) is 2.72. The molecule has 0 saturated carbocycles. The van der Waals surface area contributed by atoms with E-state index < -0.39 is 5.60 Å². The lowest BCUT2D eigenvalue weighted by Gasteiger charge is -2.16. The Hall–Kier alpha value is -3.31. The molecule has 0 radical (unpaired) electrons. The maximum absolute atomic E-state index is 10.1. The molecule has 0 aliphatic heterocycles. The van der Waals surface area contributed by atoms with Crippen molar-refractivity contribution in [3.05, 3.63) is 77.5 Å². The smallest absolute Gasteiger partial charge is 0.159 e. The van der Waals surface area contributed by atoms with E-state index in [1.807, 2.05) is 18.3 Å². The summed E-state index contributed by atoms with van der Waals surface area (Å²) >= 11 is 0. The molecule has 2 N–H and O–H groups in total. The fourth-order valence-electron chi connectivity index (χ4n) is 3.44. The van der Waals surface area contributed by atoms with Gasteiger partial charge in [-0.25, -0.2) is 9.97 Å². The highest BCUT2D eigenvalue weighted by atomic mass is 16.3. The van der Waals surface area contributed by atoms with Crippen molar-refractivity contribution >= 4 is 22.3 Å². The van der Waals surface area contributed by atoms with E-state index in [1.165, 1.54) is 11.1 Å². The molecule has 2 aromatic carbocycles. The van der Waals surface area contributed by atoms with Crippen LogP contribution < -0.4 is 5.32 Å². The Bertz CT molecular complexity index is 1220. The lowest BCUT2D eigenvalue weighted by molar-refractivity contribution is 0.0687. The van der Waals surface area contributed by atoms with Crippen LogP contribution in [0.1, 0.15) is 36.4 Å². The van der Waals surface area contributed by atoms with Gasteiger partial charge in [-0.1, -0.05) is 18.2 Å². The minimum Gasteiger partial charge on any atom is -0.382 e. The molecule has 0 aliphatic rings. The summed E-state index contributed by atoms with van der Waals surface area (Å²) in [5.41, 5.74) is 7.37. The molecule has 5 heteroatoms. The highest BCUT2D eigenvalue weighted by Crippen LogP contribution is 2.33. The highest BCUT2D eigenvalue weighted by Gasteiger charge is 2.19. The van der Waals surface area contributed by atoms with Crippen molar-refractivity contribution in [2.75, 3.05) is 5.32 Å². The fraction of sp³-hybridized carbons (Fsp3) is 0.240. The minimum absolute atomic E-state index is 0.404. The van der Waals surface area contributed by atoms with E-state index >= 15 is 0 Å². The van der Waals surface area contributed by atoms with Crippen molar-refractivity contribution in [1.29, 1.82) is 0 Å². The number of nitrogens with zero attached hydrogens (tertiary/aromatic N) is 3. The Morgan fingerprint density at radius 3 is 2.23 bits per heavy atom. The lowest BCUT2D eigenvalue weighted by Crippen LogP contribution is -2.19. The summed E-state index contributed by atoms with van der Waals surface area (Å²) in [6.45, 7) is 9.62. The molecule has 2 heterocycles. The molecule has 5 nitrogen and oxygen atoms in total. The SMILES string of the molecule is Cc1ccc(C)c(Nc2c(C)cnc3ccc(-c4cnc(C(C)(C)O)nc4)cc23)c1. The molecule has 0 amide bonds. The lowest BCUT2D eigenvalue weighted by atomic mass is 10.0. The molecule has 4 rings (SSSR count). The number of aliphatic hydroxyl groups is 1. The van der Waals surface area contributed by atoms with E-state index in [0.717, 1.165) is 39.0 Å². The van der Waals surface area contributed by atoms with Gasteiger partial charge < -0.3 is 10.4 Å². The molecular weight excluding hydrogens is 372 g/mol. The largest absolute Gasteiger partial charge is 0.382 e. The fourth-order valence-corrected chi connectivity index (χ4v) is 3.44. The zero-order chi connectivity index (χ0) is 21.5. The number of anilines is 2. The van der Waals surface area contributed by atoms with Crippen LogP contribution in [0.4, 0.5) is 11.4 Å².